The second-order valence-corrected chi connectivity index (χ2v) is 19.1. The molecule has 0 aromatic heterocycles. The third kappa shape index (κ3) is 46.4. The van der Waals surface area contributed by atoms with Gasteiger partial charge >= 0.3 is 5.97 Å². The lowest BCUT2D eigenvalue weighted by Gasteiger charge is -2.24. The van der Waals surface area contributed by atoms with Crippen molar-refractivity contribution in [3.8, 4) is 0 Å². The Balaban J connectivity index is 4.62. The molecule has 0 heterocycles. The molecule has 0 aromatic carbocycles. The maximum atomic E-state index is 13.2. The Morgan fingerprint density at radius 1 is 0.453 bits per heavy atom. The molecule has 0 aromatic rings. The number of aliphatic hydroxyl groups excluding tert-OH is 2. The van der Waals surface area contributed by atoms with E-state index in [4.69, 9.17) is 4.74 Å². The van der Waals surface area contributed by atoms with Gasteiger partial charge in [-0.25, -0.2) is 0 Å². The number of carbonyl (C=O) groups excluding carboxylic acids is 2. The molecule has 374 valence electrons. The van der Waals surface area contributed by atoms with Crippen LogP contribution in [0.3, 0.4) is 0 Å². The van der Waals surface area contributed by atoms with E-state index in [0.29, 0.717) is 19.3 Å². The molecule has 0 saturated heterocycles. The Hall–Kier alpha value is -2.18. The van der Waals surface area contributed by atoms with Gasteiger partial charge in [0, 0.05) is 6.42 Å². The Bertz CT molecular complexity index is 1100. The maximum Gasteiger partial charge on any atom is 0.306 e. The molecule has 0 bridgehead atoms. The van der Waals surface area contributed by atoms with E-state index in [1.807, 2.05) is 0 Å². The van der Waals surface area contributed by atoms with Gasteiger partial charge in [-0.2, -0.15) is 0 Å². The first-order valence-electron chi connectivity index (χ1n) is 27.9. The highest BCUT2D eigenvalue weighted by atomic mass is 16.5. The minimum absolute atomic E-state index is 0.0543. The van der Waals surface area contributed by atoms with Crippen LogP contribution < -0.4 is 5.32 Å². The molecule has 0 aliphatic rings. The summed E-state index contributed by atoms with van der Waals surface area (Å²) in [6, 6.07) is -0.713. The van der Waals surface area contributed by atoms with E-state index in [0.717, 1.165) is 70.6 Å². The highest BCUT2D eigenvalue weighted by molar-refractivity contribution is 5.77. The summed E-state index contributed by atoms with van der Waals surface area (Å²) < 4.78 is 5.94. The van der Waals surface area contributed by atoms with Gasteiger partial charge in [0.05, 0.1) is 25.2 Å². The molecule has 0 rings (SSSR count). The van der Waals surface area contributed by atoms with Crippen LogP contribution in [-0.4, -0.2) is 46.9 Å². The molecule has 0 aliphatic carbocycles. The van der Waals surface area contributed by atoms with Crippen molar-refractivity contribution in [1.29, 1.82) is 0 Å². The molecule has 0 fully saturated rings. The zero-order valence-corrected chi connectivity index (χ0v) is 42.7. The van der Waals surface area contributed by atoms with E-state index in [1.54, 1.807) is 0 Å². The second kappa shape index (κ2) is 51.8. The zero-order chi connectivity index (χ0) is 46.7. The van der Waals surface area contributed by atoms with Crippen molar-refractivity contribution in [2.75, 3.05) is 6.61 Å². The first-order chi connectivity index (χ1) is 31.5. The number of amides is 1. The fourth-order valence-electron chi connectivity index (χ4n) is 8.50. The summed E-state index contributed by atoms with van der Waals surface area (Å²) >= 11 is 0. The van der Waals surface area contributed by atoms with Gasteiger partial charge in [0.25, 0.3) is 0 Å². The Kier molecular flexibility index (Phi) is 50.0. The minimum atomic E-state index is -0.797. The summed E-state index contributed by atoms with van der Waals surface area (Å²) in [7, 11) is 0. The predicted octanol–water partition coefficient (Wildman–Crippen LogP) is 17.0. The van der Waals surface area contributed by atoms with Crippen LogP contribution in [0.25, 0.3) is 0 Å². The van der Waals surface area contributed by atoms with E-state index in [1.165, 1.54) is 167 Å². The van der Waals surface area contributed by atoms with Crippen LogP contribution in [0.5, 0.6) is 0 Å². The molecule has 6 heteroatoms. The molecule has 64 heavy (non-hydrogen) atoms. The molecular formula is C58H107NO5. The average Bonchev–Trinajstić information content (AvgIpc) is 3.29. The van der Waals surface area contributed by atoms with Crippen LogP contribution >= 0.6 is 0 Å². The van der Waals surface area contributed by atoms with Gasteiger partial charge in [-0.05, 0) is 51.4 Å². The molecule has 1 amide bonds. The van der Waals surface area contributed by atoms with Crippen LogP contribution in [0.15, 0.2) is 48.6 Å². The lowest BCUT2D eigenvalue weighted by atomic mass is 10.0. The lowest BCUT2D eigenvalue weighted by molar-refractivity contribution is -0.151. The zero-order valence-electron chi connectivity index (χ0n) is 42.7. The standard InChI is InChI=1S/C58H107NO5/c1-4-7-10-13-16-19-22-25-27-29-31-33-36-39-42-45-48-51-58(63)64-54(49-46-43-40-37-34-32-30-28-26-23-20-17-14-11-8-5-2)52-57(62)59-55(53-60)56(61)50-47-44-41-38-35-24-21-18-15-12-9-6-3/h17,20,23,26,28,30,32,34,54-56,60-61H,4-16,18-19,21-22,24-25,27,29,31,33,35-53H2,1-3H3,(H,59,62)/b20-17+,26-23+,30-28+,34-32+. The smallest absolute Gasteiger partial charge is 0.306 e. The fraction of sp³-hybridized carbons (Fsp3) is 0.828. The van der Waals surface area contributed by atoms with E-state index in [2.05, 4.69) is 74.7 Å². The van der Waals surface area contributed by atoms with Crippen molar-refractivity contribution < 1.29 is 24.5 Å². The molecule has 6 nitrogen and oxygen atoms in total. The number of nitrogens with one attached hydrogen (secondary N) is 1. The van der Waals surface area contributed by atoms with Crippen molar-refractivity contribution in [3.63, 3.8) is 0 Å². The van der Waals surface area contributed by atoms with E-state index < -0.39 is 18.2 Å². The van der Waals surface area contributed by atoms with Crippen molar-refractivity contribution >= 4 is 11.9 Å². The van der Waals surface area contributed by atoms with E-state index in [-0.39, 0.29) is 24.9 Å². The Morgan fingerprint density at radius 2 is 0.797 bits per heavy atom. The lowest BCUT2D eigenvalue weighted by Crippen LogP contribution is -2.46. The maximum absolute atomic E-state index is 13.2. The number of aliphatic hydroxyl groups is 2. The predicted molar refractivity (Wildman–Crippen MR) is 278 cm³/mol. The molecule has 3 N–H and O–H groups in total. The van der Waals surface area contributed by atoms with Gasteiger partial charge in [-0.15, -0.1) is 0 Å². The third-order valence-electron chi connectivity index (χ3n) is 12.8. The van der Waals surface area contributed by atoms with Crippen molar-refractivity contribution in [3.05, 3.63) is 48.6 Å². The van der Waals surface area contributed by atoms with Crippen LogP contribution in [0.2, 0.25) is 0 Å². The van der Waals surface area contributed by atoms with Gasteiger partial charge < -0.3 is 20.3 Å². The monoisotopic (exact) mass is 898 g/mol. The Labute approximate surface area is 397 Å². The van der Waals surface area contributed by atoms with Crippen LogP contribution in [-0.2, 0) is 14.3 Å². The first-order valence-corrected chi connectivity index (χ1v) is 27.9. The molecule has 0 saturated carbocycles. The largest absolute Gasteiger partial charge is 0.462 e. The normalized spacial score (nSPS) is 13.5. The van der Waals surface area contributed by atoms with Crippen LogP contribution in [0.4, 0.5) is 0 Å². The number of unbranched alkanes of at least 4 members (excludes halogenated alkanes) is 33. The summed E-state index contributed by atoms with van der Waals surface area (Å²) in [6.45, 7) is 6.45. The summed E-state index contributed by atoms with van der Waals surface area (Å²) in [5.74, 6) is -0.501. The highest BCUT2D eigenvalue weighted by Crippen LogP contribution is 2.18. The molecule has 3 atom stereocenters. The van der Waals surface area contributed by atoms with Crippen LogP contribution in [0, 0.1) is 0 Å². The molecule has 3 unspecified atom stereocenters. The highest BCUT2D eigenvalue weighted by Gasteiger charge is 2.24. The van der Waals surface area contributed by atoms with Gasteiger partial charge in [0.1, 0.15) is 6.10 Å². The number of allylic oxidation sites excluding steroid dienone is 8. The van der Waals surface area contributed by atoms with Crippen LogP contribution in [0.1, 0.15) is 284 Å². The molecule has 0 spiro atoms. The number of ether oxygens (including phenoxy) is 1. The average molecular weight is 898 g/mol. The minimum Gasteiger partial charge on any atom is -0.462 e. The number of hydrogen-bond donors (Lipinski definition) is 3. The molecular weight excluding hydrogens is 791 g/mol. The first kappa shape index (κ1) is 61.8. The second-order valence-electron chi connectivity index (χ2n) is 19.1. The van der Waals surface area contributed by atoms with Crippen molar-refractivity contribution in [2.24, 2.45) is 0 Å². The summed E-state index contributed by atoms with van der Waals surface area (Å²) in [6.07, 6.45) is 63.1. The molecule has 0 radical (unpaired) electrons. The number of rotatable bonds is 50. The summed E-state index contributed by atoms with van der Waals surface area (Å²) in [5.41, 5.74) is 0. The fourth-order valence-corrected chi connectivity index (χ4v) is 8.50. The molecule has 0 aliphatic heterocycles. The Morgan fingerprint density at radius 3 is 1.23 bits per heavy atom. The summed E-state index contributed by atoms with van der Waals surface area (Å²) in [4.78, 5) is 26.2. The van der Waals surface area contributed by atoms with Gasteiger partial charge in [0.15, 0.2) is 0 Å². The van der Waals surface area contributed by atoms with E-state index >= 15 is 0 Å². The summed E-state index contributed by atoms with van der Waals surface area (Å²) in [5, 5.41) is 23.8. The topological polar surface area (TPSA) is 95.9 Å². The van der Waals surface area contributed by atoms with E-state index in [9.17, 15) is 19.8 Å². The van der Waals surface area contributed by atoms with Gasteiger partial charge in [0.2, 0.25) is 5.91 Å². The number of carbonyl (C=O) groups is 2. The quantitative estimate of drug-likeness (QED) is 0.0321. The third-order valence-corrected chi connectivity index (χ3v) is 12.8. The van der Waals surface area contributed by atoms with Crippen molar-refractivity contribution in [2.45, 2.75) is 302 Å². The number of hydrogen-bond acceptors (Lipinski definition) is 5. The van der Waals surface area contributed by atoms with Crippen molar-refractivity contribution in [1.82, 2.24) is 5.32 Å². The number of esters is 1. The van der Waals surface area contributed by atoms with Gasteiger partial charge in [-0.1, -0.05) is 268 Å². The SMILES string of the molecule is CCCCC/C=C/C=C/C=C/C=C/CCCCCC(CC(=O)NC(CO)C(O)CCCCCCCCCCCCCC)OC(=O)CCCCCCCCCCCCCCCCCCC. The van der Waals surface area contributed by atoms with Gasteiger partial charge in [-0.3, -0.25) is 9.59 Å².